The fourth-order valence-electron chi connectivity index (χ4n) is 5.52. The van der Waals surface area contributed by atoms with Crippen LogP contribution in [0.3, 0.4) is 0 Å². The van der Waals surface area contributed by atoms with Gasteiger partial charge >= 0.3 is 5.97 Å². The number of hydrogen-bond donors (Lipinski definition) is 2. The van der Waals surface area contributed by atoms with Gasteiger partial charge in [0.1, 0.15) is 11.9 Å². The largest absolute Gasteiger partial charge is 0.462 e. The standard InChI is InChI=1S/C33H33FN2O4/c1-21(2)31-30(33(39)35-25-11-7-4-8-12-25)29(22-9-5-3-6-10-22)32(23-13-15-24(34)16-14-23)36(31)18-17-27-19-26(37)20-28(38)40-27/h3-16,21,26-27,37H,17-20H2,1-2H3,(H,35,39)/t26-,27-/m1/s1/i26+2. The van der Waals surface area contributed by atoms with E-state index in [4.69, 9.17) is 4.74 Å². The Morgan fingerprint density at radius 3 is 2.30 bits per heavy atom. The highest BCUT2D eigenvalue weighted by Gasteiger charge is 2.32. The van der Waals surface area contributed by atoms with Crippen LogP contribution in [-0.4, -0.2) is 33.8 Å². The quantitative estimate of drug-likeness (QED) is 0.240. The molecule has 7 heteroatoms. The van der Waals surface area contributed by atoms with Crippen molar-refractivity contribution in [1.82, 2.24) is 4.57 Å². The lowest BCUT2D eigenvalue weighted by Crippen LogP contribution is -2.33. The highest BCUT2D eigenvalue weighted by molar-refractivity contribution is 6.12. The average molecular weight is 543 g/mol. The van der Waals surface area contributed by atoms with Gasteiger partial charge in [-0.3, -0.25) is 9.59 Å². The molecule has 206 valence electrons. The van der Waals surface area contributed by atoms with Crippen molar-refractivity contribution in [2.45, 2.75) is 57.8 Å². The number of nitrogens with zero attached hydrogens (tertiary/aromatic N) is 1. The van der Waals surface area contributed by atoms with Gasteiger partial charge in [0.15, 0.2) is 0 Å². The summed E-state index contributed by atoms with van der Waals surface area (Å²) in [4.78, 5) is 26.1. The van der Waals surface area contributed by atoms with Crippen molar-refractivity contribution in [2.24, 2.45) is 0 Å². The second-order valence-corrected chi connectivity index (χ2v) is 10.5. The number of ether oxygens (including phenoxy) is 1. The minimum absolute atomic E-state index is 0.0000536. The van der Waals surface area contributed by atoms with Crippen LogP contribution >= 0.6 is 0 Å². The van der Waals surface area contributed by atoms with E-state index in [9.17, 15) is 19.1 Å². The van der Waals surface area contributed by atoms with Gasteiger partial charge in [0.05, 0.1) is 23.8 Å². The van der Waals surface area contributed by atoms with Gasteiger partial charge in [0.2, 0.25) is 0 Å². The fourth-order valence-corrected chi connectivity index (χ4v) is 5.52. The summed E-state index contributed by atoms with van der Waals surface area (Å²) in [7, 11) is 0. The number of aliphatic hydroxyl groups excluding tert-OH is 1. The first-order chi connectivity index (χ1) is 19.3. The van der Waals surface area contributed by atoms with Gasteiger partial charge < -0.3 is 19.7 Å². The zero-order valence-corrected chi connectivity index (χ0v) is 22.6. The van der Waals surface area contributed by atoms with Gasteiger partial charge in [-0.25, -0.2) is 4.39 Å². The number of anilines is 1. The maximum Gasteiger partial charge on any atom is 0.308 e. The second kappa shape index (κ2) is 11.9. The third kappa shape index (κ3) is 5.84. The molecule has 6 nitrogen and oxygen atoms in total. The van der Waals surface area contributed by atoms with Crippen molar-refractivity contribution >= 4 is 17.6 Å². The maximum absolute atomic E-state index is 14.1. The molecule has 3 aromatic carbocycles. The van der Waals surface area contributed by atoms with Crippen molar-refractivity contribution < 1.29 is 23.8 Å². The number of esters is 1. The number of para-hydroxylation sites is 1. The molecule has 1 aliphatic heterocycles. The zero-order chi connectivity index (χ0) is 28.2. The molecule has 1 aliphatic rings. The van der Waals surface area contributed by atoms with E-state index in [0.29, 0.717) is 30.6 Å². The van der Waals surface area contributed by atoms with Crippen LogP contribution in [0.15, 0.2) is 84.9 Å². The summed E-state index contributed by atoms with van der Waals surface area (Å²) in [5.41, 5.74) is 5.22. The van der Waals surface area contributed by atoms with Gasteiger partial charge in [-0.15, -0.1) is 0 Å². The Morgan fingerprint density at radius 2 is 1.68 bits per heavy atom. The Bertz CT molecular complexity index is 1480. The van der Waals surface area contributed by atoms with Crippen molar-refractivity contribution in [2.75, 3.05) is 5.32 Å². The summed E-state index contributed by atoms with van der Waals surface area (Å²) in [5.74, 6) is -1.05. The number of cyclic esters (lactones) is 1. The molecule has 2 heterocycles. The summed E-state index contributed by atoms with van der Waals surface area (Å²) in [5, 5.41) is 13.2. The van der Waals surface area contributed by atoms with E-state index in [0.717, 1.165) is 28.1 Å². The number of hydrogen-bond acceptors (Lipinski definition) is 4. The molecule has 1 amide bonds. The summed E-state index contributed by atoms with van der Waals surface area (Å²) >= 11 is 0. The minimum atomic E-state index is -0.732. The second-order valence-electron chi connectivity index (χ2n) is 10.5. The third-order valence-electron chi connectivity index (χ3n) is 7.20. The molecule has 4 aromatic rings. The highest BCUT2D eigenvalue weighted by atomic mass is 19.1. The number of aliphatic hydroxyl groups is 1. The van der Waals surface area contributed by atoms with Crippen molar-refractivity contribution in [1.29, 1.82) is 0 Å². The number of rotatable bonds is 8. The molecule has 40 heavy (non-hydrogen) atoms. The molecule has 1 aromatic heterocycles. The lowest BCUT2D eigenvalue weighted by atomic mass is 9.94. The molecule has 0 aliphatic carbocycles. The molecule has 1 saturated heterocycles. The van der Waals surface area contributed by atoms with E-state index in [1.165, 1.54) is 12.1 Å². The zero-order valence-electron chi connectivity index (χ0n) is 22.6. The Hall–Kier alpha value is -4.23. The molecule has 2 N–H and O–H groups in total. The van der Waals surface area contributed by atoms with E-state index in [2.05, 4.69) is 9.88 Å². The van der Waals surface area contributed by atoms with Gasteiger partial charge in [-0.05, 0) is 53.4 Å². The number of carbonyl (C=O) groups is 2. The van der Waals surface area contributed by atoms with Crippen LogP contribution in [0, 0.1) is 5.82 Å². The maximum atomic E-state index is 14.1. The predicted molar refractivity (Wildman–Crippen MR) is 153 cm³/mol. The number of carbonyl (C=O) groups excluding carboxylic acids is 2. The number of nitrogens with one attached hydrogen (secondary N) is 1. The molecule has 2 atom stereocenters. The van der Waals surface area contributed by atoms with Crippen molar-refractivity contribution in [3.63, 3.8) is 0 Å². The van der Waals surface area contributed by atoms with Crippen LogP contribution in [0.4, 0.5) is 10.1 Å². The summed E-state index contributed by atoms with van der Waals surface area (Å²) in [6.45, 7) is 4.51. The Kier molecular flexibility index (Phi) is 8.12. The van der Waals surface area contributed by atoms with Gasteiger partial charge in [0, 0.05) is 36.3 Å². The summed E-state index contributed by atoms with van der Waals surface area (Å²) in [6, 6.07) is 25.3. The van der Waals surface area contributed by atoms with Crippen LogP contribution in [-0.2, 0) is 16.1 Å². The first-order valence-corrected chi connectivity index (χ1v) is 13.6. The molecule has 0 spiro atoms. The van der Waals surface area contributed by atoms with Crippen LogP contribution in [0.2, 0.25) is 0 Å². The third-order valence-corrected chi connectivity index (χ3v) is 7.20. The average Bonchev–Trinajstić information content (AvgIpc) is 3.28. The van der Waals surface area contributed by atoms with Crippen molar-refractivity contribution in [3.05, 3.63) is 102 Å². The summed E-state index contributed by atoms with van der Waals surface area (Å²) in [6.07, 6.45) is -0.354. The first-order valence-electron chi connectivity index (χ1n) is 13.6. The van der Waals surface area contributed by atoms with Gasteiger partial charge in [-0.1, -0.05) is 62.4 Å². The van der Waals surface area contributed by atoms with E-state index >= 15 is 0 Å². The molecular weight excluding hydrogens is 509 g/mol. The fraction of sp³-hybridized carbons (Fsp3) is 0.273. The van der Waals surface area contributed by atoms with Gasteiger partial charge in [-0.2, -0.15) is 0 Å². The normalized spacial score (nSPS) is 17.1. The molecule has 5 rings (SSSR count). The van der Waals surface area contributed by atoms with E-state index in [1.807, 2.05) is 74.5 Å². The lowest BCUT2D eigenvalue weighted by Gasteiger charge is -2.27. The smallest absolute Gasteiger partial charge is 0.308 e. The highest BCUT2D eigenvalue weighted by Crippen LogP contribution is 2.42. The van der Waals surface area contributed by atoms with E-state index in [1.54, 1.807) is 12.1 Å². The lowest BCUT2D eigenvalue weighted by molar-refractivity contribution is -0.160. The molecular formula is C33H33FN2O4. The van der Waals surface area contributed by atoms with Crippen LogP contribution in [0.25, 0.3) is 22.4 Å². The van der Waals surface area contributed by atoms with E-state index < -0.39 is 18.2 Å². The number of benzene rings is 3. The molecule has 0 unspecified atom stereocenters. The SMILES string of the molecule is CC(C)c1c(C(=O)Nc2ccccc2)c(-c2ccccc2)c(-c2ccc(F)cc2)n1CC[C@@H]1C[14C@@H](O)CC(=O)O1. The van der Waals surface area contributed by atoms with Crippen molar-refractivity contribution in [3.8, 4) is 22.4 Å². The van der Waals surface area contributed by atoms with Crippen LogP contribution in [0.1, 0.15) is 55.1 Å². The molecule has 0 radical (unpaired) electrons. The Morgan fingerprint density at radius 1 is 1.02 bits per heavy atom. The van der Waals surface area contributed by atoms with Gasteiger partial charge in [0.25, 0.3) is 5.91 Å². The summed E-state index contributed by atoms with van der Waals surface area (Å²) < 4.78 is 21.7. The topological polar surface area (TPSA) is 80.6 Å². The van der Waals surface area contributed by atoms with Crippen LogP contribution < -0.4 is 5.32 Å². The molecule has 0 bridgehead atoms. The Balaban J connectivity index is 1.71. The Labute approximate surface area is 233 Å². The molecule has 1 fully saturated rings. The number of aromatic nitrogens is 1. The number of halogens is 1. The minimum Gasteiger partial charge on any atom is -0.462 e. The molecule has 0 saturated carbocycles. The first kappa shape index (κ1) is 27.3. The predicted octanol–water partition coefficient (Wildman–Crippen LogP) is 6.79. The van der Waals surface area contributed by atoms with E-state index in [-0.39, 0.29) is 24.1 Å². The number of amides is 1. The monoisotopic (exact) mass is 542 g/mol. The van der Waals surface area contributed by atoms with Crippen LogP contribution in [0.5, 0.6) is 0 Å².